The van der Waals surface area contributed by atoms with Crippen LogP contribution >= 0.6 is 0 Å². The summed E-state index contributed by atoms with van der Waals surface area (Å²) < 4.78 is 35.8. The molecule has 3 heteroatoms. The highest BCUT2D eigenvalue weighted by molar-refractivity contribution is 5.95. The molecule has 0 aromatic heterocycles. The summed E-state index contributed by atoms with van der Waals surface area (Å²) in [5.41, 5.74) is 44.8. The summed E-state index contributed by atoms with van der Waals surface area (Å²) in [4.78, 5) is 0. The van der Waals surface area contributed by atoms with E-state index in [1.165, 1.54) is 205 Å². The summed E-state index contributed by atoms with van der Waals surface area (Å²) in [6.45, 7) is 36.8. The van der Waals surface area contributed by atoms with Gasteiger partial charge in [0, 0.05) is 5.41 Å². The average Bonchev–Trinajstić information content (AvgIpc) is 1.51. The Hall–Kier alpha value is -11.9. The zero-order valence-corrected chi connectivity index (χ0v) is 72.8. The molecule has 0 N–H and O–H groups in total. The van der Waals surface area contributed by atoms with Crippen LogP contribution in [0, 0.1) is 83.1 Å². The van der Waals surface area contributed by atoms with E-state index in [0.29, 0.717) is 0 Å². The van der Waals surface area contributed by atoms with Gasteiger partial charge in [0.05, 0.1) is 16.4 Å². The van der Waals surface area contributed by atoms with Crippen LogP contribution in [-0.2, 0) is 40.7 Å². The first-order valence-corrected chi connectivity index (χ1v) is 42.3. The topological polar surface area (TPSA) is 0 Å². The molecule has 1 spiro atoms. The molecule has 0 saturated heterocycles. The Morgan fingerprint density at radius 3 is 0.950 bits per heavy atom. The molecule has 20 rings (SSSR count). The molecule has 15 aromatic rings. The second kappa shape index (κ2) is 36.1. The Balaban J connectivity index is 0.000000123. The second-order valence-corrected chi connectivity index (χ2v) is 34.8. The first-order chi connectivity index (χ1) is 57.0. The van der Waals surface area contributed by atoms with E-state index < -0.39 is 11.7 Å². The molecule has 0 atom stereocenters. The number of fused-ring (bicyclic) bond motifs is 17. The van der Waals surface area contributed by atoms with Gasteiger partial charge in [0.1, 0.15) is 0 Å². The van der Waals surface area contributed by atoms with Crippen molar-refractivity contribution in [2.75, 3.05) is 0 Å². The zero-order chi connectivity index (χ0) is 84.6. The van der Waals surface area contributed by atoms with Gasteiger partial charge in [0.15, 0.2) is 0 Å². The lowest BCUT2D eigenvalue weighted by Crippen LogP contribution is -2.28. The van der Waals surface area contributed by atoms with E-state index in [2.05, 4.69) is 426 Å². The molecule has 0 bridgehead atoms. The van der Waals surface area contributed by atoms with Crippen molar-refractivity contribution in [1.82, 2.24) is 0 Å². The highest BCUT2D eigenvalue weighted by atomic mass is 19.4. The number of halogens is 3. The third kappa shape index (κ3) is 17.9. The fourth-order valence-electron chi connectivity index (χ4n) is 18.2. The molecule has 0 heterocycles. The zero-order valence-electron chi connectivity index (χ0n) is 72.8. The third-order valence-corrected chi connectivity index (χ3v) is 24.7. The Labute approximate surface area is 708 Å². The van der Waals surface area contributed by atoms with Gasteiger partial charge in [-0.1, -0.05) is 407 Å². The Kier molecular flexibility index (Phi) is 25.8. The van der Waals surface area contributed by atoms with E-state index in [9.17, 15) is 13.2 Å². The summed E-state index contributed by atoms with van der Waals surface area (Å²) in [5.74, 6) is 0. The first-order valence-electron chi connectivity index (χ1n) is 42.3. The maximum absolute atomic E-state index is 11.9. The Bertz CT molecular complexity index is 5720. The molecule has 0 nitrogen and oxygen atoms in total. The SMILES string of the molecule is Cc1cc(C)c(C)c(C)c1.Cc1ccc(C(C)(C)C)cc1.Cc1ccc(C(F)(F)F)cc1.Cc1ccc(C)cc1.Cc1ccc2c(c1)C(C)(C)c1ccccc1-2.Cc1ccc2c(c1)C(c1ccccc1)(c1ccccc1)c1ccccc1-2.Cc1ccc2c(c1)C1(c3ccccc3-c3ccccc31)c1ccccc1-2.Cc1cccc2c1CCCC2. The van der Waals surface area contributed by atoms with E-state index in [0.717, 1.165) is 17.7 Å². The van der Waals surface area contributed by atoms with Crippen molar-refractivity contribution in [1.29, 1.82) is 0 Å². The summed E-state index contributed by atoms with van der Waals surface area (Å²) in [7, 11) is 0. The number of alkyl halides is 3. The number of aryl methyl sites for hydroxylation is 12. The van der Waals surface area contributed by atoms with Gasteiger partial charge in [-0.25, -0.2) is 0 Å². The smallest absolute Gasteiger partial charge is 0.166 e. The number of rotatable bonds is 2. The molecular weight excluding hydrogens is 1450 g/mol. The lowest BCUT2D eigenvalue weighted by molar-refractivity contribution is -0.137. The molecule has 0 radical (unpaired) electrons. The highest BCUT2D eigenvalue weighted by Gasteiger charge is 2.52. The van der Waals surface area contributed by atoms with Gasteiger partial charge in [-0.2, -0.15) is 13.2 Å². The van der Waals surface area contributed by atoms with Gasteiger partial charge >= 0.3 is 6.18 Å². The van der Waals surface area contributed by atoms with Crippen LogP contribution in [-0.4, -0.2) is 0 Å². The minimum atomic E-state index is -4.21. The van der Waals surface area contributed by atoms with Crippen LogP contribution in [0.4, 0.5) is 13.2 Å². The highest BCUT2D eigenvalue weighted by Crippen LogP contribution is 2.63. The molecule has 15 aromatic carbocycles. The van der Waals surface area contributed by atoms with Crippen LogP contribution in [0.2, 0.25) is 0 Å². The largest absolute Gasteiger partial charge is 0.416 e. The van der Waals surface area contributed by atoms with Crippen molar-refractivity contribution in [2.45, 2.75) is 171 Å². The lowest BCUT2D eigenvalue weighted by Gasteiger charge is -2.34. The quantitative estimate of drug-likeness (QED) is 0.162. The molecule has 600 valence electrons. The average molecular weight is 1570 g/mol. The number of benzene rings is 15. The van der Waals surface area contributed by atoms with Crippen LogP contribution in [0.25, 0.3) is 44.5 Å². The maximum Gasteiger partial charge on any atom is 0.416 e. The van der Waals surface area contributed by atoms with Gasteiger partial charge in [-0.3, -0.25) is 0 Å². The van der Waals surface area contributed by atoms with Crippen molar-refractivity contribution in [2.24, 2.45) is 0 Å². The molecule has 0 fully saturated rings. The molecule has 5 aliphatic carbocycles. The van der Waals surface area contributed by atoms with Crippen LogP contribution in [0.5, 0.6) is 0 Å². The molecule has 0 aliphatic heterocycles. The fraction of sp³-hybridized carbons (Fsp3) is 0.224. The lowest BCUT2D eigenvalue weighted by atomic mass is 9.67. The van der Waals surface area contributed by atoms with E-state index in [4.69, 9.17) is 0 Å². The van der Waals surface area contributed by atoms with Crippen molar-refractivity contribution in [3.8, 4) is 44.5 Å². The summed E-state index contributed by atoms with van der Waals surface area (Å²) in [6, 6.07) is 120. The van der Waals surface area contributed by atoms with E-state index in [-0.39, 0.29) is 21.7 Å². The van der Waals surface area contributed by atoms with Gasteiger partial charge in [-0.15, -0.1) is 0 Å². The summed E-state index contributed by atoms with van der Waals surface area (Å²) in [5, 5.41) is 0. The standard InChI is InChI=1S/C26H18.C26H20.C16H16.C11H14.C11H16.C10H14.C8H7F3.C8H10/c1-17-14-15-21-20-10-4-7-13-24(20)26(25(21)16-17)22-11-5-2-8-18(22)19-9-3-6-12-23(19)26;1-19-16-17-23-22-14-8-9-15-24(22)26(25(23)18-19,20-10-4-2-5-11-20)21-12-6-3-7-13-21;1-11-8-9-13-12-6-4-5-7-14(12)16(2,3)15(13)10-11;1-9-5-4-7-10-6-2-3-8-11(9)10;1-9-5-7-10(8-6-9)11(2,3)4;1-7-5-8(2)10(4)9(3)6-7;1-6-2-4-7(5-3-6)8(9,10)11;1-7-3-5-8(2)6-4-7/h2-16H,1H3;2-18H,1H3;4-10H,1-3H3;4-5,7H,2-3,6,8H2,1H3;5-8H,1-4H3;5-6H,1-4H3;2-5H,1H3;3-6H,1-2H3. The molecule has 5 aliphatic rings. The Morgan fingerprint density at radius 1 is 0.244 bits per heavy atom. The minimum Gasteiger partial charge on any atom is -0.166 e. The van der Waals surface area contributed by atoms with Crippen LogP contribution < -0.4 is 0 Å². The monoisotopic (exact) mass is 1560 g/mol. The van der Waals surface area contributed by atoms with E-state index in [1.54, 1.807) is 18.1 Å². The molecular formula is C116H115F3. The second-order valence-electron chi connectivity index (χ2n) is 34.8. The number of hydrogen-bond donors (Lipinski definition) is 0. The van der Waals surface area contributed by atoms with Crippen molar-refractivity contribution in [3.63, 3.8) is 0 Å². The number of hydrogen-bond acceptors (Lipinski definition) is 0. The van der Waals surface area contributed by atoms with E-state index in [1.807, 2.05) is 0 Å². The van der Waals surface area contributed by atoms with Gasteiger partial charge in [0.25, 0.3) is 0 Å². The molecule has 0 amide bonds. The van der Waals surface area contributed by atoms with Gasteiger partial charge in [-0.05, 0) is 265 Å². The minimum absolute atomic E-state index is 0.151. The summed E-state index contributed by atoms with van der Waals surface area (Å²) in [6.07, 6.45) is 1.17. The molecule has 119 heavy (non-hydrogen) atoms. The predicted molar refractivity (Wildman–Crippen MR) is 500 cm³/mol. The summed E-state index contributed by atoms with van der Waals surface area (Å²) >= 11 is 0. The van der Waals surface area contributed by atoms with Crippen LogP contribution in [0.15, 0.2) is 340 Å². The predicted octanol–water partition coefficient (Wildman–Crippen LogP) is 31.4. The third-order valence-electron chi connectivity index (χ3n) is 24.7. The van der Waals surface area contributed by atoms with Crippen molar-refractivity contribution in [3.05, 3.63) is 484 Å². The molecule has 0 unspecified atom stereocenters. The normalized spacial score (nSPS) is 13.4. The van der Waals surface area contributed by atoms with Gasteiger partial charge in [0.2, 0.25) is 0 Å². The van der Waals surface area contributed by atoms with Gasteiger partial charge < -0.3 is 0 Å². The van der Waals surface area contributed by atoms with Crippen LogP contribution in [0.1, 0.15) is 192 Å². The first kappa shape index (κ1) is 85.0. The Morgan fingerprint density at radius 2 is 0.555 bits per heavy atom. The maximum atomic E-state index is 11.9. The van der Waals surface area contributed by atoms with Crippen LogP contribution in [0.3, 0.4) is 0 Å². The van der Waals surface area contributed by atoms with E-state index >= 15 is 0 Å². The molecule has 0 saturated carbocycles. The van der Waals surface area contributed by atoms with Crippen molar-refractivity contribution >= 4 is 0 Å². The fourth-order valence-corrected chi connectivity index (χ4v) is 18.2. The van der Waals surface area contributed by atoms with Crippen molar-refractivity contribution < 1.29 is 13.2 Å².